The summed E-state index contributed by atoms with van der Waals surface area (Å²) in [6.45, 7) is 1.75. The van der Waals surface area contributed by atoms with Gasteiger partial charge in [0.1, 0.15) is 5.82 Å². The number of hydrogen-bond donors (Lipinski definition) is 1. The van der Waals surface area contributed by atoms with E-state index in [9.17, 15) is 4.39 Å². The minimum atomic E-state index is -0.261. The first-order valence-corrected chi connectivity index (χ1v) is 6.69. The predicted molar refractivity (Wildman–Crippen MR) is 76.9 cm³/mol. The highest BCUT2D eigenvalue weighted by molar-refractivity contribution is 6.31. The van der Waals surface area contributed by atoms with Gasteiger partial charge in [-0.2, -0.15) is 0 Å². The molecule has 4 heteroatoms. The molecule has 2 rings (SSSR count). The van der Waals surface area contributed by atoms with Crippen LogP contribution in [0.5, 0.6) is 0 Å². The van der Waals surface area contributed by atoms with Crippen molar-refractivity contribution in [3.63, 3.8) is 0 Å². The van der Waals surface area contributed by atoms with Crippen LogP contribution in [0.3, 0.4) is 0 Å². The van der Waals surface area contributed by atoms with Crippen LogP contribution < -0.4 is 5.73 Å². The van der Waals surface area contributed by atoms with Crippen molar-refractivity contribution in [2.24, 2.45) is 11.7 Å². The van der Waals surface area contributed by atoms with Gasteiger partial charge in [-0.25, -0.2) is 4.39 Å². The van der Waals surface area contributed by atoms with Crippen LogP contribution >= 0.6 is 24.0 Å². The minimum absolute atomic E-state index is 0. The monoisotopic (exact) mass is 291 g/mol. The number of benzene rings is 1. The number of aryl methyl sites for hydroxylation is 1. The molecule has 18 heavy (non-hydrogen) atoms. The molecule has 0 amide bonds. The zero-order valence-electron chi connectivity index (χ0n) is 10.6. The molecule has 0 heterocycles. The molecule has 1 aliphatic rings. The molecule has 1 aromatic carbocycles. The molecule has 1 atom stereocenters. The highest BCUT2D eigenvalue weighted by Crippen LogP contribution is 2.37. The van der Waals surface area contributed by atoms with Crippen molar-refractivity contribution in [1.82, 2.24) is 0 Å². The van der Waals surface area contributed by atoms with Gasteiger partial charge >= 0.3 is 0 Å². The SMILES string of the molecule is Cc1ccc(Cl)c([C@H](N)C2CCCCC2)c1F.Cl. The first-order valence-electron chi connectivity index (χ1n) is 6.31. The lowest BCUT2D eigenvalue weighted by molar-refractivity contribution is 0.303. The Bertz CT molecular complexity index is 403. The summed E-state index contributed by atoms with van der Waals surface area (Å²) >= 11 is 6.10. The van der Waals surface area contributed by atoms with Crippen molar-refractivity contribution in [2.75, 3.05) is 0 Å². The Morgan fingerprint density at radius 3 is 2.50 bits per heavy atom. The van der Waals surface area contributed by atoms with E-state index < -0.39 is 0 Å². The topological polar surface area (TPSA) is 26.0 Å². The van der Waals surface area contributed by atoms with Crippen molar-refractivity contribution < 1.29 is 4.39 Å². The average molecular weight is 292 g/mol. The molecule has 0 unspecified atom stereocenters. The molecule has 0 bridgehead atoms. The Kier molecular flexibility index (Phi) is 5.90. The Balaban J connectivity index is 0.00000162. The van der Waals surface area contributed by atoms with E-state index >= 15 is 0 Å². The summed E-state index contributed by atoms with van der Waals surface area (Å²) in [6, 6.07) is 3.19. The van der Waals surface area contributed by atoms with Crippen LogP contribution in [-0.4, -0.2) is 0 Å². The molecule has 0 spiro atoms. The van der Waals surface area contributed by atoms with Gasteiger partial charge in [-0.15, -0.1) is 12.4 Å². The highest BCUT2D eigenvalue weighted by atomic mass is 35.5. The lowest BCUT2D eigenvalue weighted by atomic mass is 9.81. The van der Waals surface area contributed by atoms with Crippen LogP contribution in [0, 0.1) is 18.7 Å². The van der Waals surface area contributed by atoms with Crippen molar-refractivity contribution in [3.05, 3.63) is 34.1 Å². The number of nitrogens with two attached hydrogens (primary N) is 1. The third-order valence-electron chi connectivity index (χ3n) is 3.81. The molecular weight excluding hydrogens is 272 g/mol. The fourth-order valence-electron chi connectivity index (χ4n) is 2.71. The summed E-state index contributed by atoms with van der Waals surface area (Å²) in [6.07, 6.45) is 5.84. The van der Waals surface area contributed by atoms with E-state index in [1.54, 1.807) is 19.1 Å². The van der Waals surface area contributed by atoms with Gasteiger partial charge in [-0.3, -0.25) is 0 Å². The van der Waals surface area contributed by atoms with Gasteiger partial charge < -0.3 is 5.73 Å². The lowest BCUT2D eigenvalue weighted by Gasteiger charge is -2.28. The van der Waals surface area contributed by atoms with Crippen molar-refractivity contribution in [2.45, 2.75) is 45.1 Å². The smallest absolute Gasteiger partial charge is 0.132 e. The first kappa shape index (κ1) is 15.7. The number of hydrogen-bond acceptors (Lipinski definition) is 1. The van der Waals surface area contributed by atoms with E-state index in [0.717, 1.165) is 12.8 Å². The molecule has 1 aliphatic carbocycles. The summed E-state index contributed by atoms with van der Waals surface area (Å²) in [5.41, 5.74) is 7.35. The first-order chi connectivity index (χ1) is 8.11. The maximum atomic E-state index is 14.1. The number of halogens is 3. The third-order valence-corrected chi connectivity index (χ3v) is 4.14. The molecule has 0 radical (unpaired) electrons. The van der Waals surface area contributed by atoms with Gasteiger partial charge in [0.25, 0.3) is 0 Å². The maximum absolute atomic E-state index is 14.1. The highest BCUT2D eigenvalue weighted by Gasteiger charge is 2.26. The molecule has 102 valence electrons. The Hall–Kier alpha value is -0.310. The fraction of sp³-hybridized carbons (Fsp3) is 0.571. The molecule has 1 fully saturated rings. The van der Waals surface area contributed by atoms with E-state index in [1.165, 1.54) is 19.3 Å². The molecular formula is C14H20Cl2FN. The van der Waals surface area contributed by atoms with E-state index in [1.807, 2.05) is 0 Å². The van der Waals surface area contributed by atoms with E-state index in [-0.39, 0.29) is 24.3 Å². The summed E-state index contributed by atoms with van der Waals surface area (Å²) in [5.74, 6) is 0.146. The van der Waals surface area contributed by atoms with E-state index in [0.29, 0.717) is 22.1 Å². The largest absolute Gasteiger partial charge is 0.324 e. The minimum Gasteiger partial charge on any atom is -0.324 e. The van der Waals surface area contributed by atoms with Gasteiger partial charge in [0.05, 0.1) is 0 Å². The molecule has 1 aromatic rings. The Morgan fingerprint density at radius 1 is 1.28 bits per heavy atom. The molecule has 0 saturated heterocycles. The van der Waals surface area contributed by atoms with Gasteiger partial charge in [-0.05, 0) is 37.3 Å². The standard InChI is InChI=1S/C14H19ClFN.ClH/c1-9-7-8-11(15)12(13(9)16)14(17)10-5-3-2-4-6-10;/h7-8,10,14H,2-6,17H2,1H3;1H/t14-;/m1./s1. The second kappa shape index (κ2) is 6.74. The van der Waals surface area contributed by atoms with Gasteiger partial charge in [-0.1, -0.05) is 36.9 Å². The zero-order chi connectivity index (χ0) is 12.4. The second-order valence-electron chi connectivity index (χ2n) is 5.02. The van der Waals surface area contributed by atoms with Crippen LogP contribution in [0.15, 0.2) is 12.1 Å². The normalized spacial score (nSPS) is 18.2. The number of rotatable bonds is 2. The lowest BCUT2D eigenvalue weighted by Crippen LogP contribution is -2.25. The van der Waals surface area contributed by atoms with Crippen LogP contribution in [0.4, 0.5) is 4.39 Å². The maximum Gasteiger partial charge on any atom is 0.132 e. The Morgan fingerprint density at radius 2 is 1.89 bits per heavy atom. The van der Waals surface area contributed by atoms with Gasteiger partial charge in [0.2, 0.25) is 0 Å². The average Bonchev–Trinajstić information content (AvgIpc) is 2.35. The molecule has 2 N–H and O–H groups in total. The summed E-state index contributed by atoms with van der Waals surface area (Å²) in [4.78, 5) is 0. The quantitative estimate of drug-likeness (QED) is 0.833. The van der Waals surface area contributed by atoms with Crippen molar-refractivity contribution >= 4 is 24.0 Å². The molecule has 1 nitrogen and oxygen atoms in total. The Labute approximate surface area is 119 Å². The van der Waals surface area contributed by atoms with Crippen molar-refractivity contribution in [3.8, 4) is 0 Å². The fourth-order valence-corrected chi connectivity index (χ4v) is 2.98. The van der Waals surface area contributed by atoms with Gasteiger partial charge in [0, 0.05) is 16.6 Å². The van der Waals surface area contributed by atoms with Crippen molar-refractivity contribution in [1.29, 1.82) is 0 Å². The second-order valence-corrected chi connectivity index (χ2v) is 5.42. The summed E-state index contributed by atoms with van der Waals surface area (Å²) in [5, 5.41) is 0.464. The van der Waals surface area contributed by atoms with Gasteiger partial charge in [0.15, 0.2) is 0 Å². The third kappa shape index (κ3) is 3.17. The molecule has 1 saturated carbocycles. The predicted octanol–water partition coefficient (Wildman–Crippen LogP) is 4.79. The van der Waals surface area contributed by atoms with E-state index in [2.05, 4.69) is 0 Å². The van der Waals surface area contributed by atoms with Crippen LogP contribution in [0.2, 0.25) is 5.02 Å². The summed E-state index contributed by atoms with van der Waals surface area (Å²) < 4.78 is 14.1. The zero-order valence-corrected chi connectivity index (χ0v) is 12.2. The van der Waals surface area contributed by atoms with Crippen LogP contribution in [-0.2, 0) is 0 Å². The van der Waals surface area contributed by atoms with Crippen LogP contribution in [0.1, 0.15) is 49.3 Å². The van der Waals surface area contributed by atoms with E-state index in [4.69, 9.17) is 17.3 Å². The van der Waals surface area contributed by atoms with Crippen LogP contribution in [0.25, 0.3) is 0 Å². The summed E-state index contributed by atoms with van der Waals surface area (Å²) in [7, 11) is 0. The molecule has 0 aliphatic heterocycles. The molecule has 0 aromatic heterocycles.